The number of pyridine rings is 1. The molecule has 0 aromatic carbocycles. The number of nitrogens with one attached hydrogen (secondary N) is 1. The SMILES string of the molecule is CCC[C@@H](C#N)NC(=O)c1nc(S(C)(=O)=O)n2ccccc12. The molecule has 1 atom stereocenters. The number of carbonyl (C=O) groups is 1. The maximum atomic E-state index is 12.3. The predicted molar refractivity (Wildman–Crippen MR) is 80.1 cm³/mol. The molecule has 1 N–H and O–H groups in total. The van der Waals surface area contributed by atoms with Crippen molar-refractivity contribution in [2.45, 2.75) is 31.0 Å². The lowest BCUT2D eigenvalue weighted by molar-refractivity contribution is 0.0940. The molecule has 0 aliphatic carbocycles. The number of hydrogen-bond donors (Lipinski definition) is 1. The molecule has 0 unspecified atom stereocenters. The van der Waals surface area contributed by atoms with Crippen molar-refractivity contribution < 1.29 is 13.2 Å². The van der Waals surface area contributed by atoms with Gasteiger partial charge in [0.15, 0.2) is 5.69 Å². The van der Waals surface area contributed by atoms with Crippen molar-refractivity contribution in [2.24, 2.45) is 0 Å². The van der Waals surface area contributed by atoms with E-state index in [2.05, 4.69) is 10.3 Å². The molecule has 116 valence electrons. The van der Waals surface area contributed by atoms with Gasteiger partial charge in [-0.15, -0.1) is 0 Å². The van der Waals surface area contributed by atoms with Gasteiger partial charge in [-0.25, -0.2) is 13.4 Å². The summed E-state index contributed by atoms with van der Waals surface area (Å²) in [7, 11) is -3.58. The fraction of sp³-hybridized carbons (Fsp3) is 0.357. The number of aromatic nitrogens is 2. The summed E-state index contributed by atoms with van der Waals surface area (Å²) in [5, 5.41) is 11.4. The van der Waals surface area contributed by atoms with E-state index >= 15 is 0 Å². The molecule has 0 spiro atoms. The highest BCUT2D eigenvalue weighted by atomic mass is 32.2. The minimum absolute atomic E-state index is 0.00243. The first-order valence-corrected chi connectivity index (χ1v) is 8.65. The van der Waals surface area contributed by atoms with Crippen LogP contribution < -0.4 is 5.32 Å². The molecule has 0 saturated carbocycles. The summed E-state index contributed by atoms with van der Waals surface area (Å²) in [6.07, 6.45) is 3.83. The number of amides is 1. The maximum Gasteiger partial charge on any atom is 0.273 e. The van der Waals surface area contributed by atoms with E-state index in [0.717, 1.165) is 12.7 Å². The molecular formula is C14H16N4O3S. The van der Waals surface area contributed by atoms with Gasteiger partial charge in [-0.2, -0.15) is 5.26 Å². The molecule has 7 nitrogen and oxygen atoms in total. The smallest absolute Gasteiger partial charge is 0.273 e. The van der Waals surface area contributed by atoms with Crippen molar-refractivity contribution >= 4 is 21.3 Å². The van der Waals surface area contributed by atoms with Crippen LogP contribution in [0, 0.1) is 11.3 Å². The molecule has 0 fully saturated rings. The van der Waals surface area contributed by atoms with E-state index in [4.69, 9.17) is 5.26 Å². The Morgan fingerprint density at radius 1 is 1.50 bits per heavy atom. The molecule has 1 amide bonds. The Hall–Kier alpha value is -2.40. The fourth-order valence-corrected chi connectivity index (χ4v) is 2.90. The van der Waals surface area contributed by atoms with Gasteiger partial charge in [-0.3, -0.25) is 9.20 Å². The standard InChI is InChI=1S/C14H16N4O3S/c1-3-6-10(9-15)16-13(19)12-11-7-4-5-8-18(11)14(17-12)22(2,20)21/h4-5,7-8,10H,3,6H2,1-2H3,(H,16,19)/t10-/m0/s1. The quantitative estimate of drug-likeness (QED) is 0.890. The monoisotopic (exact) mass is 320 g/mol. The van der Waals surface area contributed by atoms with Crippen LogP contribution in [-0.2, 0) is 9.84 Å². The summed E-state index contributed by atoms with van der Waals surface area (Å²) in [5.74, 6) is -0.557. The predicted octanol–water partition coefficient (Wildman–Crippen LogP) is 1.16. The van der Waals surface area contributed by atoms with Gasteiger partial charge in [-0.1, -0.05) is 19.4 Å². The zero-order chi connectivity index (χ0) is 16.3. The van der Waals surface area contributed by atoms with Gasteiger partial charge in [0.1, 0.15) is 6.04 Å². The summed E-state index contributed by atoms with van der Waals surface area (Å²) in [6.45, 7) is 1.91. The number of hydrogen-bond acceptors (Lipinski definition) is 5. The molecule has 8 heteroatoms. The zero-order valence-electron chi connectivity index (χ0n) is 12.3. The molecular weight excluding hydrogens is 304 g/mol. The second-order valence-corrected chi connectivity index (χ2v) is 6.82. The van der Waals surface area contributed by atoms with Crippen LogP contribution in [0.2, 0.25) is 0 Å². The minimum atomic E-state index is -3.58. The first-order chi connectivity index (χ1) is 10.4. The summed E-state index contributed by atoms with van der Waals surface area (Å²) in [6, 6.07) is 6.33. The van der Waals surface area contributed by atoms with E-state index in [1.54, 1.807) is 18.2 Å². The maximum absolute atomic E-state index is 12.3. The fourth-order valence-electron chi connectivity index (χ4n) is 2.12. The van der Waals surface area contributed by atoms with Crippen LogP contribution in [0.5, 0.6) is 0 Å². The number of imidazole rings is 1. The van der Waals surface area contributed by atoms with Crippen LogP contribution in [0.1, 0.15) is 30.3 Å². The van der Waals surface area contributed by atoms with E-state index in [0.29, 0.717) is 11.9 Å². The summed E-state index contributed by atoms with van der Waals surface area (Å²) in [5.41, 5.74) is 0.381. The first-order valence-electron chi connectivity index (χ1n) is 6.76. The Kier molecular flexibility index (Phi) is 4.47. The minimum Gasteiger partial charge on any atom is -0.335 e. The van der Waals surface area contributed by atoms with Gasteiger partial charge in [-0.05, 0) is 18.6 Å². The Morgan fingerprint density at radius 2 is 2.23 bits per heavy atom. The van der Waals surface area contributed by atoms with Gasteiger partial charge in [0.2, 0.25) is 15.0 Å². The van der Waals surface area contributed by atoms with Crippen molar-refractivity contribution in [1.29, 1.82) is 5.26 Å². The molecule has 2 aromatic rings. The van der Waals surface area contributed by atoms with Crippen LogP contribution in [-0.4, -0.2) is 36.0 Å². The normalized spacial score (nSPS) is 12.8. The molecule has 0 bridgehead atoms. The average molecular weight is 320 g/mol. The van der Waals surface area contributed by atoms with Crippen molar-refractivity contribution in [1.82, 2.24) is 14.7 Å². The lowest BCUT2D eigenvalue weighted by Gasteiger charge is -2.08. The topological polar surface area (TPSA) is 104 Å². The van der Waals surface area contributed by atoms with Gasteiger partial charge < -0.3 is 5.32 Å². The van der Waals surface area contributed by atoms with Crippen molar-refractivity contribution in [3.8, 4) is 6.07 Å². The third kappa shape index (κ3) is 3.09. The van der Waals surface area contributed by atoms with E-state index in [9.17, 15) is 13.2 Å². The molecule has 22 heavy (non-hydrogen) atoms. The van der Waals surface area contributed by atoms with Crippen molar-refractivity contribution in [3.63, 3.8) is 0 Å². The number of sulfone groups is 1. The van der Waals surface area contributed by atoms with Gasteiger partial charge in [0.25, 0.3) is 5.91 Å². The third-order valence-electron chi connectivity index (χ3n) is 3.10. The van der Waals surface area contributed by atoms with E-state index in [1.807, 2.05) is 13.0 Å². The second kappa shape index (κ2) is 6.15. The van der Waals surface area contributed by atoms with Crippen LogP contribution in [0.3, 0.4) is 0 Å². The molecule has 0 radical (unpaired) electrons. The number of rotatable bonds is 5. The average Bonchev–Trinajstić information content (AvgIpc) is 2.86. The zero-order valence-corrected chi connectivity index (χ0v) is 13.1. The number of nitrogens with zero attached hydrogens (tertiary/aromatic N) is 3. The van der Waals surface area contributed by atoms with E-state index in [1.165, 1.54) is 10.6 Å². The Morgan fingerprint density at radius 3 is 2.82 bits per heavy atom. The number of carbonyl (C=O) groups excluding carboxylic acids is 1. The van der Waals surface area contributed by atoms with Gasteiger partial charge >= 0.3 is 0 Å². The van der Waals surface area contributed by atoms with Crippen LogP contribution >= 0.6 is 0 Å². The highest BCUT2D eigenvalue weighted by molar-refractivity contribution is 7.90. The van der Waals surface area contributed by atoms with Crippen molar-refractivity contribution in [3.05, 3.63) is 30.1 Å². The third-order valence-corrected chi connectivity index (χ3v) is 4.05. The van der Waals surface area contributed by atoms with Gasteiger partial charge in [0, 0.05) is 12.5 Å². The van der Waals surface area contributed by atoms with Crippen LogP contribution in [0.25, 0.3) is 5.52 Å². The van der Waals surface area contributed by atoms with Crippen molar-refractivity contribution in [2.75, 3.05) is 6.26 Å². The van der Waals surface area contributed by atoms with Gasteiger partial charge in [0.05, 0.1) is 11.6 Å². The first kappa shape index (κ1) is 16.0. The Bertz CT molecular complexity index is 849. The number of fused-ring (bicyclic) bond motifs is 1. The van der Waals surface area contributed by atoms with Crippen LogP contribution in [0.15, 0.2) is 29.6 Å². The highest BCUT2D eigenvalue weighted by Gasteiger charge is 2.23. The molecule has 0 aliphatic heterocycles. The largest absolute Gasteiger partial charge is 0.335 e. The molecule has 0 aliphatic rings. The summed E-state index contributed by atoms with van der Waals surface area (Å²) in [4.78, 5) is 16.3. The van der Waals surface area contributed by atoms with E-state index in [-0.39, 0.29) is 10.9 Å². The molecule has 2 rings (SSSR count). The summed E-state index contributed by atoms with van der Waals surface area (Å²) >= 11 is 0. The highest BCUT2D eigenvalue weighted by Crippen LogP contribution is 2.17. The number of nitriles is 1. The molecule has 0 saturated heterocycles. The molecule has 2 aromatic heterocycles. The van der Waals surface area contributed by atoms with Crippen LogP contribution in [0.4, 0.5) is 0 Å². The molecule has 2 heterocycles. The Labute approximate surface area is 128 Å². The lowest BCUT2D eigenvalue weighted by atomic mass is 10.2. The summed E-state index contributed by atoms with van der Waals surface area (Å²) < 4.78 is 24.9. The van der Waals surface area contributed by atoms with E-state index < -0.39 is 21.8 Å². The Balaban J connectivity index is 2.48. The lowest BCUT2D eigenvalue weighted by Crippen LogP contribution is -2.34. The second-order valence-electron chi connectivity index (χ2n) is 4.91.